The molecule has 0 amide bonds. The highest BCUT2D eigenvalue weighted by Crippen LogP contribution is 2.56. The Morgan fingerprint density at radius 1 is 1.08 bits per heavy atom. The number of hydrogen-bond donors (Lipinski definition) is 3. The van der Waals surface area contributed by atoms with Gasteiger partial charge in [-0.25, -0.2) is 9.59 Å². The van der Waals surface area contributed by atoms with Crippen molar-refractivity contribution in [1.29, 1.82) is 0 Å². The highest BCUT2D eigenvalue weighted by Gasteiger charge is 2.51. The number of oxime groups is 1. The zero-order valence-corrected chi connectivity index (χ0v) is 22.1. The van der Waals surface area contributed by atoms with E-state index in [2.05, 4.69) is 62.6 Å². The summed E-state index contributed by atoms with van der Waals surface area (Å²) in [6.07, 6.45) is 12.0. The molecular formula is C29H42N2O5. The maximum absolute atomic E-state index is 9.55. The highest BCUT2D eigenvalue weighted by molar-refractivity contribution is 5.89. The van der Waals surface area contributed by atoms with Gasteiger partial charge in [0.2, 0.25) is 0 Å². The summed E-state index contributed by atoms with van der Waals surface area (Å²) in [4.78, 5) is 25.0. The molecule has 1 aromatic rings. The van der Waals surface area contributed by atoms with Crippen LogP contribution in [0.2, 0.25) is 0 Å². The van der Waals surface area contributed by atoms with Gasteiger partial charge in [0.15, 0.2) is 0 Å². The summed E-state index contributed by atoms with van der Waals surface area (Å²) < 4.78 is 0. The Balaban J connectivity index is 0.000000392. The lowest BCUT2D eigenvalue weighted by atomic mass is 9.50. The topological polar surface area (TPSA) is 108 Å². The van der Waals surface area contributed by atoms with Crippen molar-refractivity contribution >= 4 is 18.2 Å². The maximum atomic E-state index is 9.55. The van der Waals surface area contributed by atoms with Crippen molar-refractivity contribution in [2.75, 3.05) is 13.1 Å². The van der Waals surface area contributed by atoms with E-state index >= 15 is 0 Å². The fourth-order valence-corrected chi connectivity index (χ4v) is 6.35. The van der Waals surface area contributed by atoms with Crippen molar-refractivity contribution in [3.8, 4) is 0 Å². The van der Waals surface area contributed by atoms with Crippen LogP contribution in [0.15, 0.2) is 35.5 Å². The van der Waals surface area contributed by atoms with E-state index in [0.717, 1.165) is 25.9 Å². The van der Waals surface area contributed by atoms with Crippen LogP contribution in [0.1, 0.15) is 88.8 Å². The Labute approximate surface area is 215 Å². The zero-order chi connectivity index (χ0) is 26.3. The quantitative estimate of drug-likeness (QED) is 0.280. The molecule has 0 unspecified atom stereocenters. The number of aryl methyl sites for hydroxylation is 1. The van der Waals surface area contributed by atoms with E-state index in [4.69, 9.17) is 15.1 Å². The molecule has 4 rings (SSSR count). The van der Waals surface area contributed by atoms with Gasteiger partial charge in [-0.3, -0.25) is 0 Å². The summed E-state index contributed by atoms with van der Waals surface area (Å²) in [7, 11) is 0. The highest BCUT2D eigenvalue weighted by atomic mass is 16.6. The van der Waals surface area contributed by atoms with Gasteiger partial charge in [0.25, 0.3) is 0 Å². The molecule has 1 aliphatic heterocycles. The first-order valence-corrected chi connectivity index (χ1v) is 13.2. The van der Waals surface area contributed by atoms with Crippen molar-refractivity contribution in [3.63, 3.8) is 0 Å². The van der Waals surface area contributed by atoms with Gasteiger partial charge < -0.3 is 20.4 Å². The molecule has 0 radical (unpaired) electrons. The van der Waals surface area contributed by atoms with Gasteiger partial charge in [0.05, 0.1) is 0 Å². The molecule has 0 spiro atoms. The molecule has 3 atom stereocenters. The molecule has 1 heterocycles. The summed E-state index contributed by atoms with van der Waals surface area (Å²) in [6, 6.07) is 7.31. The van der Waals surface area contributed by atoms with E-state index in [0.29, 0.717) is 24.0 Å². The molecule has 7 nitrogen and oxygen atoms in total. The lowest BCUT2D eigenvalue weighted by Gasteiger charge is -2.54. The van der Waals surface area contributed by atoms with Crippen LogP contribution in [0.5, 0.6) is 0 Å². The Kier molecular flexibility index (Phi) is 9.34. The first-order valence-electron chi connectivity index (χ1n) is 13.2. The second-order valence-corrected chi connectivity index (χ2v) is 11.2. The summed E-state index contributed by atoms with van der Waals surface area (Å²) >= 11 is 0. The number of carbonyl (C=O) groups is 2. The summed E-state index contributed by atoms with van der Waals surface area (Å²) in [5.74, 6) is -1.27. The van der Waals surface area contributed by atoms with Crippen LogP contribution in [0, 0.1) is 11.3 Å². The third-order valence-corrected chi connectivity index (χ3v) is 8.30. The molecule has 7 heteroatoms. The van der Waals surface area contributed by atoms with Crippen LogP contribution in [0.25, 0.3) is 0 Å². The smallest absolute Gasteiger partial charge is 0.328 e. The Morgan fingerprint density at radius 2 is 1.75 bits per heavy atom. The maximum Gasteiger partial charge on any atom is 0.328 e. The third-order valence-electron chi connectivity index (χ3n) is 8.30. The number of benzene rings is 1. The molecule has 198 valence electrons. The van der Waals surface area contributed by atoms with Crippen molar-refractivity contribution < 1.29 is 24.6 Å². The number of aliphatic carboxylic acids is 2. The van der Waals surface area contributed by atoms with E-state index in [-0.39, 0.29) is 16.9 Å². The average molecular weight is 499 g/mol. The van der Waals surface area contributed by atoms with Crippen LogP contribution in [-0.4, -0.2) is 47.6 Å². The predicted molar refractivity (Wildman–Crippen MR) is 142 cm³/mol. The SMILES string of the molecule is CC(C)c1ccc2c(c1)CC[C@H]1[C@](C)(/C=N\OC3CCNCC3)CCC[C@]21C.O=C(O)/C=C/C(=O)O. The molecule has 0 bridgehead atoms. The third kappa shape index (κ3) is 6.75. The molecule has 2 aliphatic carbocycles. The number of carboxylic acids is 2. The van der Waals surface area contributed by atoms with E-state index < -0.39 is 11.9 Å². The second-order valence-electron chi connectivity index (χ2n) is 11.2. The summed E-state index contributed by atoms with van der Waals surface area (Å²) in [5.41, 5.74) is 5.07. The fraction of sp³-hybridized carbons (Fsp3) is 0.621. The van der Waals surface area contributed by atoms with Crippen molar-refractivity contribution in [3.05, 3.63) is 47.0 Å². The Morgan fingerprint density at radius 3 is 2.36 bits per heavy atom. The van der Waals surface area contributed by atoms with Crippen LogP contribution in [0.4, 0.5) is 0 Å². The number of rotatable bonds is 6. The van der Waals surface area contributed by atoms with E-state index in [1.54, 1.807) is 11.1 Å². The summed E-state index contributed by atoms with van der Waals surface area (Å²) in [6.45, 7) is 11.6. The van der Waals surface area contributed by atoms with Gasteiger partial charge in [-0.05, 0) is 85.6 Å². The minimum Gasteiger partial charge on any atom is -0.478 e. The predicted octanol–water partition coefficient (Wildman–Crippen LogP) is 5.29. The van der Waals surface area contributed by atoms with Crippen molar-refractivity contribution in [2.24, 2.45) is 16.5 Å². The number of carboxylic acid groups (broad SMARTS) is 2. The van der Waals surface area contributed by atoms with Gasteiger partial charge in [-0.1, -0.05) is 57.5 Å². The standard InChI is InChI=1S/C25H38N2O.C4H4O4/c1-18(2)19-6-8-22-20(16-19)7-9-23-24(3,12-5-13-25(22,23)4)17-27-28-21-10-14-26-15-11-21;5-3(6)1-2-4(7)8/h6,8,16-18,21,23,26H,5,7,9-15H2,1-4H3;1-2H,(H,5,6)(H,7,8)/b27-17-;2-1+/t23-,24-,25+;/m0./s1. The van der Waals surface area contributed by atoms with Gasteiger partial charge in [0.1, 0.15) is 6.10 Å². The van der Waals surface area contributed by atoms with Gasteiger partial charge >= 0.3 is 11.9 Å². The van der Waals surface area contributed by atoms with E-state index in [9.17, 15) is 9.59 Å². The van der Waals surface area contributed by atoms with Crippen molar-refractivity contribution in [2.45, 2.75) is 90.1 Å². The molecule has 1 saturated carbocycles. The first kappa shape index (κ1) is 27.9. The number of piperidine rings is 1. The number of hydrogen-bond acceptors (Lipinski definition) is 5. The minimum atomic E-state index is -1.26. The number of nitrogens with one attached hydrogen (secondary N) is 1. The second kappa shape index (κ2) is 12.0. The van der Waals surface area contributed by atoms with Crippen molar-refractivity contribution in [1.82, 2.24) is 5.32 Å². The Hall–Kier alpha value is -2.67. The molecule has 1 saturated heterocycles. The largest absolute Gasteiger partial charge is 0.478 e. The number of fused-ring (bicyclic) bond motifs is 3. The minimum absolute atomic E-state index is 0.133. The fourth-order valence-electron chi connectivity index (χ4n) is 6.35. The monoisotopic (exact) mass is 498 g/mol. The van der Waals surface area contributed by atoms with Crippen LogP contribution in [0.3, 0.4) is 0 Å². The zero-order valence-electron chi connectivity index (χ0n) is 22.1. The molecular weight excluding hydrogens is 456 g/mol. The van der Waals surface area contributed by atoms with Gasteiger partial charge in [-0.15, -0.1) is 0 Å². The van der Waals surface area contributed by atoms with Gasteiger partial charge in [-0.2, -0.15) is 0 Å². The van der Waals surface area contributed by atoms with E-state index in [1.165, 1.54) is 37.7 Å². The van der Waals surface area contributed by atoms with E-state index in [1.807, 2.05) is 0 Å². The van der Waals surface area contributed by atoms with Gasteiger partial charge in [0, 0.05) is 23.8 Å². The molecule has 2 fully saturated rings. The lowest BCUT2D eigenvalue weighted by molar-refractivity contribution is -0.134. The summed E-state index contributed by atoms with van der Waals surface area (Å²) in [5, 5.41) is 23.6. The lowest BCUT2D eigenvalue weighted by Crippen LogP contribution is -2.49. The van der Waals surface area contributed by atoms with Crippen LogP contribution < -0.4 is 5.32 Å². The first-order chi connectivity index (χ1) is 17.0. The Bertz CT molecular complexity index is 966. The molecule has 36 heavy (non-hydrogen) atoms. The molecule has 3 N–H and O–H groups in total. The number of nitrogens with zero attached hydrogens (tertiary/aromatic N) is 1. The molecule has 0 aromatic heterocycles. The van der Waals surface area contributed by atoms with Crippen LogP contribution in [-0.2, 0) is 26.3 Å². The molecule has 3 aliphatic rings. The molecule has 1 aromatic carbocycles. The van der Waals surface area contributed by atoms with Crippen LogP contribution >= 0.6 is 0 Å². The average Bonchev–Trinajstić information content (AvgIpc) is 2.83. The normalized spacial score (nSPS) is 28.3.